The minimum atomic E-state index is 0.467. The fourth-order valence-corrected chi connectivity index (χ4v) is 2.90. The van der Waals surface area contributed by atoms with E-state index in [0.717, 1.165) is 38.8 Å². The Kier molecular flexibility index (Phi) is 3.36. The van der Waals surface area contributed by atoms with Crippen LogP contribution < -0.4 is 4.74 Å². The zero-order chi connectivity index (χ0) is 15.8. The normalized spacial score (nSPS) is 11.0. The molecule has 0 aliphatic carbocycles. The number of hydrogen-bond acceptors (Lipinski definition) is 3. The maximum atomic E-state index is 6.06. The molecule has 0 radical (unpaired) electrons. The number of pyridine rings is 2. The molecule has 4 heteroatoms. The summed E-state index contributed by atoms with van der Waals surface area (Å²) in [5, 5.41) is 2.52. The third-order valence-electron chi connectivity index (χ3n) is 3.87. The van der Waals surface area contributed by atoms with E-state index in [1.807, 2.05) is 54.6 Å². The Morgan fingerprint density at radius 3 is 2.22 bits per heavy atom. The number of fused-ring (bicyclic) bond motifs is 3. The van der Waals surface area contributed by atoms with Gasteiger partial charge in [0.25, 0.3) is 0 Å². The standard InChI is InChI=1S/C19H13ClN2O/c1-23-16-5-3-2-4-14(16)15-10-8-12-6-7-13-9-11-17(20)22-19(13)18(12)21-15/h2-11H,1H3. The molecule has 0 unspecified atom stereocenters. The molecule has 0 saturated heterocycles. The van der Waals surface area contributed by atoms with E-state index in [1.165, 1.54) is 0 Å². The Bertz CT molecular complexity index is 1030. The van der Waals surface area contributed by atoms with Crippen molar-refractivity contribution < 1.29 is 4.74 Å². The van der Waals surface area contributed by atoms with Crippen LogP contribution in [0.2, 0.25) is 5.15 Å². The fraction of sp³-hybridized carbons (Fsp3) is 0.0526. The number of rotatable bonds is 2. The van der Waals surface area contributed by atoms with E-state index >= 15 is 0 Å². The number of hydrogen-bond donors (Lipinski definition) is 0. The molecule has 0 spiro atoms. The third-order valence-corrected chi connectivity index (χ3v) is 4.08. The van der Waals surface area contributed by atoms with E-state index in [4.69, 9.17) is 21.3 Å². The first-order valence-corrected chi connectivity index (χ1v) is 7.63. The largest absolute Gasteiger partial charge is 0.496 e. The minimum absolute atomic E-state index is 0.467. The van der Waals surface area contributed by atoms with Gasteiger partial charge in [-0.15, -0.1) is 0 Å². The van der Waals surface area contributed by atoms with E-state index in [9.17, 15) is 0 Å². The average Bonchev–Trinajstić information content (AvgIpc) is 2.61. The van der Waals surface area contributed by atoms with Gasteiger partial charge in [0.1, 0.15) is 10.9 Å². The van der Waals surface area contributed by atoms with Crippen LogP contribution in [0.5, 0.6) is 5.75 Å². The van der Waals surface area contributed by atoms with Gasteiger partial charge >= 0.3 is 0 Å². The van der Waals surface area contributed by atoms with Crippen LogP contribution in [0, 0.1) is 0 Å². The summed E-state index contributed by atoms with van der Waals surface area (Å²) in [6.07, 6.45) is 0. The molecular weight excluding hydrogens is 308 g/mol. The lowest BCUT2D eigenvalue weighted by atomic mass is 10.1. The summed E-state index contributed by atoms with van der Waals surface area (Å²) in [6.45, 7) is 0. The molecule has 2 heterocycles. The number of methoxy groups -OCH3 is 1. The molecule has 0 aliphatic rings. The van der Waals surface area contributed by atoms with Gasteiger partial charge in [-0.25, -0.2) is 9.97 Å². The van der Waals surface area contributed by atoms with Crippen molar-refractivity contribution in [3.63, 3.8) is 0 Å². The third kappa shape index (κ3) is 2.39. The molecule has 3 nitrogen and oxygen atoms in total. The van der Waals surface area contributed by atoms with Crippen molar-refractivity contribution in [1.29, 1.82) is 0 Å². The predicted molar refractivity (Wildman–Crippen MR) is 94.0 cm³/mol. The molecule has 4 rings (SSSR count). The summed E-state index contributed by atoms with van der Waals surface area (Å²) in [5.41, 5.74) is 3.46. The molecule has 0 fully saturated rings. The van der Waals surface area contributed by atoms with Crippen LogP contribution in [0.4, 0.5) is 0 Å². The highest BCUT2D eigenvalue weighted by Crippen LogP contribution is 2.31. The Labute approximate surface area is 138 Å². The lowest BCUT2D eigenvalue weighted by Crippen LogP contribution is -1.92. The van der Waals surface area contributed by atoms with Gasteiger partial charge in [0.15, 0.2) is 0 Å². The first kappa shape index (κ1) is 14.0. The van der Waals surface area contributed by atoms with E-state index in [1.54, 1.807) is 13.2 Å². The van der Waals surface area contributed by atoms with Gasteiger partial charge in [0.2, 0.25) is 0 Å². The first-order chi connectivity index (χ1) is 11.3. The highest BCUT2D eigenvalue weighted by atomic mass is 35.5. The summed E-state index contributed by atoms with van der Waals surface area (Å²) < 4.78 is 5.44. The van der Waals surface area contributed by atoms with Gasteiger partial charge in [-0.1, -0.05) is 41.9 Å². The molecule has 0 atom stereocenters. The summed E-state index contributed by atoms with van der Waals surface area (Å²) >= 11 is 6.06. The maximum absolute atomic E-state index is 6.06. The monoisotopic (exact) mass is 320 g/mol. The summed E-state index contributed by atoms with van der Waals surface area (Å²) in [6, 6.07) is 19.7. The molecule has 0 bridgehead atoms. The van der Waals surface area contributed by atoms with Crippen molar-refractivity contribution >= 4 is 33.4 Å². The number of para-hydroxylation sites is 1. The van der Waals surface area contributed by atoms with Crippen molar-refractivity contribution in [3.8, 4) is 17.0 Å². The van der Waals surface area contributed by atoms with Crippen LogP contribution in [-0.2, 0) is 0 Å². The second-order valence-corrected chi connectivity index (χ2v) is 5.63. The smallest absolute Gasteiger partial charge is 0.129 e. The Balaban J connectivity index is 2.03. The molecule has 23 heavy (non-hydrogen) atoms. The highest BCUT2D eigenvalue weighted by molar-refractivity contribution is 6.30. The van der Waals surface area contributed by atoms with Crippen molar-refractivity contribution in [2.75, 3.05) is 7.11 Å². The van der Waals surface area contributed by atoms with Crippen molar-refractivity contribution in [3.05, 3.63) is 65.8 Å². The van der Waals surface area contributed by atoms with Crippen molar-refractivity contribution in [2.45, 2.75) is 0 Å². The van der Waals surface area contributed by atoms with Crippen LogP contribution in [0.3, 0.4) is 0 Å². The van der Waals surface area contributed by atoms with Crippen LogP contribution >= 0.6 is 11.6 Å². The minimum Gasteiger partial charge on any atom is -0.496 e. The van der Waals surface area contributed by atoms with Crippen molar-refractivity contribution in [2.24, 2.45) is 0 Å². The molecule has 0 N–H and O–H groups in total. The number of benzene rings is 2. The van der Waals surface area contributed by atoms with Gasteiger partial charge in [-0.2, -0.15) is 0 Å². The molecule has 2 aromatic heterocycles. The number of aromatic nitrogens is 2. The SMILES string of the molecule is COc1ccccc1-c1ccc2ccc3ccc(Cl)nc3c2n1. The predicted octanol–water partition coefficient (Wildman–Crippen LogP) is 5.11. The van der Waals surface area contributed by atoms with Gasteiger partial charge < -0.3 is 4.74 Å². The van der Waals surface area contributed by atoms with Gasteiger partial charge in [-0.3, -0.25) is 0 Å². The summed E-state index contributed by atoms with van der Waals surface area (Å²) in [7, 11) is 1.66. The second kappa shape index (κ2) is 5.52. The quantitative estimate of drug-likeness (QED) is 0.380. The molecule has 2 aromatic carbocycles. The Hall–Kier alpha value is -2.65. The van der Waals surface area contributed by atoms with E-state index in [0.29, 0.717) is 5.15 Å². The molecular formula is C19H13ClN2O. The first-order valence-electron chi connectivity index (χ1n) is 7.26. The van der Waals surface area contributed by atoms with Gasteiger partial charge in [0, 0.05) is 16.3 Å². The number of ether oxygens (including phenoxy) is 1. The Morgan fingerprint density at radius 1 is 0.783 bits per heavy atom. The Morgan fingerprint density at radius 2 is 1.43 bits per heavy atom. The highest BCUT2D eigenvalue weighted by Gasteiger charge is 2.10. The molecule has 0 aliphatic heterocycles. The zero-order valence-electron chi connectivity index (χ0n) is 12.5. The van der Waals surface area contributed by atoms with Crippen molar-refractivity contribution in [1.82, 2.24) is 9.97 Å². The van der Waals surface area contributed by atoms with Crippen LogP contribution in [0.15, 0.2) is 60.7 Å². The van der Waals surface area contributed by atoms with Crippen LogP contribution in [0.25, 0.3) is 33.1 Å². The number of nitrogens with zero attached hydrogens (tertiary/aromatic N) is 2. The fourth-order valence-electron chi connectivity index (χ4n) is 2.75. The molecule has 0 saturated carbocycles. The summed E-state index contributed by atoms with van der Waals surface area (Å²) in [4.78, 5) is 9.28. The molecule has 0 amide bonds. The number of halogens is 1. The zero-order valence-corrected chi connectivity index (χ0v) is 13.2. The second-order valence-electron chi connectivity index (χ2n) is 5.24. The lowest BCUT2D eigenvalue weighted by molar-refractivity contribution is 0.416. The van der Waals surface area contributed by atoms with E-state index in [2.05, 4.69) is 4.98 Å². The van der Waals surface area contributed by atoms with E-state index in [-0.39, 0.29) is 0 Å². The molecule has 112 valence electrons. The van der Waals surface area contributed by atoms with Crippen LogP contribution in [-0.4, -0.2) is 17.1 Å². The van der Waals surface area contributed by atoms with Crippen LogP contribution in [0.1, 0.15) is 0 Å². The lowest BCUT2D eigenvalue weighted by Gasteiger charge is -2.09. The topological polar surface area (TPSA) is 35.0 Å². The van der Waals surface area contributed by atoms with E-state index < -0.39 is 0 Å². The average molecular weight is 321 g/mol. The van der Waals surface area contributed by atoms with Gasteiger partial charge in [-0.05, 0) is 30.3 Å². The summed E-state index contributed by atoms with van der Waals surface area (Å²) in [5.74, 6) is 0.797. The maximum Gasteiger partial charge on any atom is 0.129 e. The molecule has 4 aromatic rings. The van der Waals surface area contributed by atoms with Gasteiger partial charge in [0.05, 0.1) is 23.8 Å².